The van der Waals surface area contributed by atoms with Crippen LogP contribution in [0.1, 0.15) is 44.6 Å². The van der Waals surface area contributed by atoms with Crippen LogP contribution in [0, 0.1) is 0 Å². The summed E-state index contributed by atoms with van der Waals surface area (Å²) in [5.74, 6) is 0.0275. The van der Waals surface area contributed by atoms with Crippen LogP contribution < -0.4 is 0 Å². The third-order valence-electron chi connectivity index (χ3n) is 5.18. The van der Waals surface area contributed by atoms with Crippen molar-refractivity contribution in [1.29, 1.82) is 0 Å². The van der Waals surface area contributed by atoms with Crippen LogP contribution in [-0.2, 0) is 9.59 Å². The van der Waals surface area contributed by atoms with Crippen LogP contribution in [0.3, 0.4) is 0 Å². The maximum absolute atomic E-state index is 12.7. The fraction of sp³-hybridized carbons (Fsp3) is 0.409. The summed E-state index contributed by atoms with van der Waals surface area (Å²) < 4.78 is 0.530. The van der Waals surface area contributed by atoms with E-state index in [-0.39, 0.29) is 11.8 Å². The second kappa shape index (κ2) is 10.0. The van der Waals surface area contributed by atoms with Crippen molar-refractivity contribution in [3.05, 3.63) is 53.0 Å². The molecule has 3 rings (SSSR count). The van der Waals surface area contributed by atoms with Crippen LogP contribution in [0.25, 0.3) is 6.08 Å². The standard InChI is InChI=1S/C22H26N2O2S2/c1-2-18-12-6-7-15-23(18)20(25)14-16-24-21(26)19(28-22(24)27)13-8-11-17-9-4-3-5-10-17/h3-5,8-11,13,18H,2,6-7,12,14-16H2,1H3/b11-8+,19-13-. The molecule has 0 aliphatic carbocycles. The Bertz CT molecular complexity index is 789. The lowest BCUT2D eigenvalue weighted by Gasteiger charge is -2.35. The van der Waals surface area contributed by atoms with E-state index in [1.54, 1.807) is 11.0 Å². The van der Waals surface area contributed by atoms with Gasteiger partial charge in [-0.05, 0) is 37.3 Å². The first-order chi connectivity index (χ1) is 13.6. The molecule has 2 fully saturated rings. The average Bonchev–Trinajstić information content (AvgIpc) is 2.99. The molecule has 0 aromatic heterocycles. The van der Waals surface area contributed by atoms with Crippen molar-refractivity contribution < 1.29 is 9.59 Å². The number of carbonyl (C=O) groups excluding carboxylic acids is 2. The van der Waals surface area contributed by atoms with Gasteiger partial charge in [-0.2, -0.15) is 0 Å². The zero-order valence-corrected chi connectivity index (χ0v) is 17.8. The van der Waals surface area contributed by atoms with Crippen molar-refractivity contribution in [2.24, 2.45) is 0 Å². The van der Waals surface area contributed by atoms with Gasteiger partial charge >= 0.3 is 0 Å². The van der Waals surface area contributed by atoms with Crippen LogP contribution in [0.4, 0.5) is 0 Å². The van der Waals surface area contributed by atoms with Crippen molar-refractivity contribution in [2.45, 2.75) is 45.1 Å². The molecule has 0 radical (unpaired) electrons. The highest BCUT2D eigenvalue weighted by Gasteiger charge is 2.33. The first kappa shape index (κ1) is 20.8. The molecule has 6 heteroatoms. The molecule has 148 valence electrons. The molecule has 1 unspecified atom stereocenters. The van der Waals surface area contributed by atoms with Gasteiger partial charge in [0.1, 0.15) is 4.32 Å². The zero-order chi connectivity index (χ0) is 19.9. The second-order valence-corrected chi connectivity index (χ2v) is 8.70. The number of allylic oxidation sites excluding steroid dienone is 2. The molecule has 4 nitrogen and oxygen atoms in total. The molecule has 1 aromatic carbocycles. The Kier molecular flexibility index (Phi) is 7.45. The van der Waals surface area contributed by atoms with Gasteiger partial charge in [0.25, 0.3) is 5.91 Å². The Hall–Kier alpha value is -1.92. The Morgan fingerprint density at radius 2 is 2.07 bits per heavy atom. The van der Waals surface area contributed by atoms with Gasteiger partial charge in [0.2, 0.25) is 5.91 Å². The predicted octanol–water partition coefficient (Wildman–Crippen LogP) is 4.63. The summed E-state index contributed by atoms with van der Waals surface area (Å²) >= 11 is 6.67. The molecule has 0 saturated carbocycles. The van der Waals surface area contributed by atoms with Gasteiger partial charge in [0, 0.05) is 25.6 Å². The SMILES string of the molecule is CCC1CCCCN1C(=O)CCN1C(=O)/C(=C/C=C/c2ccccc2)SC1=S. The van der Waals surface area contributed by atoms with E-state index in [0.29, 0.717) is 28.2 Å². The van der Waals surface area contributed by atoms with E-state index >= 15 is 0 Å². The summed E-state index contributed by atoms with van der Waals surface area (Å²) in [6, 6.07) is 10.3. The van der Waals surface area contributed by atoms with Crippen molar-refractivity contribution in [3.63, 3.8) is 0 Å². The molecule has 1 aromatic rings. The number of hydrogen-bond acceptors (Lipinski definition) is 4. The maximum atomic E-state index is 12.7. The monoisotopic (exact) mass is 414 g/mol. The average molecular weight is 415 g/mol. The molecule has 2 heterocycles. The number of nitrogens with zero attached hydrogens (tertiary/aromatic N) is 2. The number of hydrogen-bond donors (Lipinski definition) is 0. The third-order valence-corrected chi connectivity index (χ3v) is 6.57. The molecule has 1 atom stereocenters. The highest BCUT2D eigenvalue weighted by Crippen LogP contribution is 2.31. The van der Waals surface area contributed by atoms with Crippen molar-refractivity contribution in [1.82, 2.24) is 9.80 Å². The smallest absolute Gasteiger partial charge is 0.266 e. The van der Waals surface area contributed by atoms with Crippen molar-refractivity contribution in [2.75, 3.05) is 13.1 Å². The Balaban J connectivity index is 1.57. The molecule has 0 bridgehead atoms. The van der Waals surface area contributed by atoms with Gasteiger partial charge in [-0.1, -0.05) is 73.4 Å². The van der Waals surface area contributed by atoms with E-state index in [9.17, 15) is 9.59 Å². The van der Waals surface area contributed by atoms with Gasteiger partial charge in [-0.25, -0.2) is 0 Å². The number of benzene rings is 1. The van der Waals surface area contributed by atoms with Crippen LogP contribution >= 0.6 is 24.0 Å². The third kappa shape index (κ3) is 5.11. The number of carbonyl (C=O) groups is 2. The highest BCUT2D eigenvalue weighted by atomic mass is 32.2. The van der Waals surface area contributed by atoms with E-state index in [1.807, 2.05) is 47.4 Å². The van der Waals surface area contributed by atoms with E-state index in [4.69, 9.17) is 12.2 Å². The first-order valence-corrected chi connectivity index (χ1v) is 11.1. The van der Waals surface area contributed by atoms with E-state index < -0.39 is 0 Å². The van der Waals surface area contributed by atoms with E-state index in [2.05, 4.69) is 6.92 Å². The Morgan fingerprint density at radius 3 is 2.82 bits per heavy atom. The highest BCUT2D eigenvalue weighted by molar-refractivity contribution is 8.26. The normalized spacial score (nSPS) is 21.9. The van der Waals surface area contributed by atoms with E-state index in [1.165, 1.54) is 18.2 Å². The maximum Gasteiger partial charge on any atom is 0.266 e. The summed E-state index contributed by atoms with van der Waals surface area (Å²) in [7, 11) is 0. The fourth-order valence-electron chi connectivity index (χ4n) is 3.62. The number of likely N-dealkylation sites (tertiary alicyclic amines) is 1. The van der Waals surface area contributed by atoms with Crippen LogP contribution in [0.15, 0.2) is 47.4 Å². The number of rotatable bonds is 6. The van der Waals surface area contributed by atoms with Gasteiger partial charge in [-0.15, -0.1) is 0 Å². The minimum Gasteiger partial charge on any atom is -0.340 e. The first-order valence-electron chi connectivity index (χ1n) is 9.86. The Morgan fingerprint density at radius 1 is 1.29 bits per heavy atom. The molecule has 0 N–H and O–H groups in total. The summed E-state index contributed by atoms with van der Waals surface area (Å²) in [6.07, 6.45) is 10.3. The van der Waals surface area contributed by atoms with Crippen molar-refractivity contribution >= 4 is 46.2 Å². The predicted molar refractivity (Wildman–Crippen MR) is 120 cm³/mol. The number of thioether (sulfide) groups is 1. The lowest BCUT2D eigenvalue weighted by Crippen LogP contribution is -2.44. The number of amides is 2. The van der Waals surface area contributed by atoms with Gasteiger partial charge in [0.15, 0.2) is 0 Å². The van der Waals surface area contributed by atoms with Crippen LogP contribution in [-0.4, -0.2) is 45.1 Å². The number of thiocarbonyl (C=S) groups is 1. The topological polar surface area (TPSA) is 40.6 Å². The summed E-state index contributed by atoms with van der Waals surface area (Å²) in [5, 5.41) is 0. The number of piperidine rings is 1. The molecule has 2 aliphatic rings. The summed E-state index contributed by atoms with van der Waals surface area (Å²) in [6.45, 7) is 3.32. The molecular weight excluding hydrogens is 388 g/mol. The van der Waals surface area contributed by atoms with Gasteiger partial charge in [-0.3, -0.25) is 14.5 Å². The van der Waals surface area contributed by atoms with Crippen molar-refractivity contribution in [3.8, 4) is 0 Å². The molecule has 2 saturated heterocycles. The van der Waals surface area contributed by atoms with Gasteiger partial charge < -0.3 is 4.90 Å². The summed E-state index contributed by atoms with van der Waals surface area (Å²) in [5.41, 5.74) is 1.08. The minimum atomic E-state index is -0.105. The molecule has 2 aliphatic heterocycles. The lowest BCUT2D eigenvalue weighted by molar-refractivity contribution is -0.135. The largest absolute Gasteiger partial charge is 0.340 e. The van der Waals surface area contributed by atoms with E-state index in [0.717, 1.165) is 31.4 Å². The molecule has 2 amide bonds. The summed E-state index contributed by atoms with van der Waals surface area (Å²) in [4.78, 5) is 29.5. The molecule has 28 heavy (non-hydrogen) atoms. The van der Waals surface area contributed by atoms with Gasteiger partial charge in [0.05, 0.1) is 4.91 Å². The molecular formula is C22H26N2O2S2. The van der Waals surface area contributed by atoms with Crippen LogP contribution in [0.2, 0.25) is 0 Å². The minimum absolute atomic E-state index is 0.105. The molecule has 0 spiro atoms. The fourth-order valence-corrected chi connectivity index (χ4v) is 4.88. The lowest BCUT2D eigenvalue weighted by atomic mass is 9.99. The second-order valence-electron chi connectivity index (χ2n) is 7.02. The zero-order valence-electron chi connectivity index (χ0n) is 16.2. The van der Waals surface area contributed by atoms with Crippen LogP contribution in [0.5, 0.6) is 0 Å². The Labute approximate surface area is 176 Å². The quantitative estimate of drug-likeness (QED) is 0.503.